The summed E-state index contributed by atoms with van der Waals surface area (Å²) in [6, 6.07) is 14.9. The molecule has 0 saturated heterocycles. The summed E-state index contributed by atoms with van der Waals surface area (Å²) in [5.41, 5.74) is 5.22. The molecule has 3 rings (SSSR count). The number of carbonyl (C=O) groups excluding carboxylic acids is 1. The number of hydrogen-bond donors (Lipinski definition) is 2. The zero-order chi connectivity index (χ0) is 17.8. The van der Waals surface area contributed by atoms with E-state index in [0.717, 1.165) is 22.5 Å². The van der Waals surface area contributed by atoms with Crippen molar-refractivity contribution in [1.29, 1.82) is 0 Å². The van der Waals surface area contributed by atoms with Gasteiger partial charge in [-0.1, -0.05) is 29.8 Å². The maximum absolute atomic E-state index is 12.4. The van der Waals surface area contributed by atoms with E-state index in [-0.39, 0.29) is 5.91 Å². The van der Waals surface area contributed by atoms with E-state index in [1.165, 1.54) is 0 Å². The smallest absolute Gasteiger partial charge is 0.257 e. The lowest BCUT2D eigenvalue weighted by Crippen LogP contribution is -2.12. The van der Waals surface area contributed by atoms with Crippen LogP contribution in [0.2, 0.25) is 5.02 Å². The summed E-state index contributed by atoms with van der Waals surface area (Å²) in [4.78, 5) is 16.6. The number of pyridine rings is 1. The molecular weight excluding hydrogens is 334 g/mol. The van der Waals surface area contributed by atoms with Gasteiger partial charge < -0.3 is 10.6 Å². The number of hydrogen-bond acceptors (Lipinski definition) is 3. The van der Waals surface area contributed by atoms with Gasteiger partial charge in [-0.3, -0.25) is 9.78 Å². The van der Waals surface area contributed by atoms with E-state index in [2.05, 4.69) is 15.6 Å². The largest absolute Gasteiger partial charge is 0.354 e. The highest BCUT2D eigenvalue weighted by Crippen LogP contribution is 2.24. The number of aryl methyl sites for hydroxylation is 2. The van der Waals surface area contributed by atoms with Crippen molar-refractivity contribution < 1.29 is 4.79 Å². The summed E-state index contributed by atoms with van der Waals surface area (Å²) >= 11 is 5.86. The van der Waals surface area contributed by atoms with Gasteiger partial charge in [-0.2, -0.15) is 0 Å². The molecule has 0 spiro atoms. The molecular formula is C20H18ClN3O. The zero-order valence-corrected chi connectivity index (χ0v) is 14.8. The van der Waals surface area contributed by atoms with Crippen LogP contribution in [-0.4, -0.2) is 10.9 Å². The number of carbonyl (C=O) groups is 1. The molecule has 1 heterocycles. The lowest BCUT2D eigenvalue weighted by atomic mass is 10.1. The predicted molar refractivity (Wildman–Crippen MR) is 103 cm³/mol. The number of benzene rings is 2. The Morgan fingerprint density at radius 3 is 2.32 bits per heavy atom. The quantitative estimate of drug-likeness (QED) is 0.666. The lowest BCUT2D eigenvalue weighted by molar-refractivity contribution is 0.102. The molecule has 25 heavy (non-hydrogen) atoms. The number of nitrogens with one attached hydrogen (secondary N) is 2. The molecule has 0 fully saturated rings. The molecule has 1 aromatic heterocycles. The number of para-hydroxylation sites is 1. The fourth-order valence-electron chi connectivity index (χ4n) is 2.52. The van der Waals surface area contributed by atoms with Gasteiger partial charge in [0.15, 0.2) is 0 Å². The van der Waals surface area contributed by atoms with Crippen LogP contribution in [0, 0.1) is 13.8 Å². The van der Waals surface area contributed by atoms with Crippen molar-refractivity contribution in [2.45, 2.75) is 13.8 Å². The van der Waals surface area contributed by atoms with Crippen molar-refractivity contribution in [3.63, 3.8) is 0 Å². The van der Waals surface area contributed by atoms with E-state index in [1.807, 2.05) is 32.0 Å². The van der Waals surface area contributed by atoms with Crippen molar-refractivity contribution >= 4 is 34.6 Å². The molecule has 4 nitrogen and oxygen atoms in total. The number of rotatable bonds is 4. The molecule has 0 aliphatic carbocycles. The first kappa shape index (κ1) is 17.0. The van der Waals surface area contributed by atoms with Gasteiger partial charge in [0, 0.05) is 22.6 Å². The molecule has 0 aliphatic rings. The Kier molecular flexibility index (Phi) is 5.00. The van der Waals surface area contributed by atoms with Crippen LogP contribution in [0.15, 0.2) is 60.9 Å². The molecule has 0 atom stereocenters. The van der Waals surface area contributed by atoms with E-state index in [1.54, 1.807) is 42.7 Å². The molecule has 2 N–H and O–H groups in total. The number of aromatic nitrogens is 1. The van der Waals surface area contributed by atoms with Crippen LogP contribution in [0.3, 0.4) is 0 Å². The highest BCUT2D eigenvalue weighted by Gasteiger charge is 2.09. The van der Waals surface area contributed by atoms with E-state index in [4.69, 9.17) is 11.6 Å². The van der Waals surface area contributed by atoms with E-state index in [9.17, 15) is 4.79 Å². The van der Waals surface area contributed by atoms with E-state index in [0.29, 0.717) is 16.3 Å². The minimum Gasteiger partial charge on any atom is -0.354 e. The third-order valence-electron chi connectivity index (χ3n) is 3.85. The fraction of sp³-hybridized carbons (Fsp3) is 0.100. The highest BCUT2D eigenvalue weighted by molar-refractivity contribution is 6.30. The summed E-state index contributed by atoms with van der Waals surface area (Å²) < 4.78 is 0. The molecule has 1 amide bonds. The number of amides is 1. The Morgan fingerprint density at radius 1 is 0.960 bits per heavy atom. The molecule has 0 unspecified atom stereocenters. The van der Waals surface area contributed by atoms with Crippen molar-refractivity contribution in [2.24, 2.45) is 0 Å². The molecule has 0 aliphatic heterocycles. The molecule has 2 aromatic carbocycles. The number of halogens is 1. The van der Waals surface area contributed by atoms with E-state index < -0.39 is 0 Å². The summed E-state index contributed by atoms with van der Waals surface area (Å²) in [5, 5.41) is 6.81. The van der Waals surface area contributed by atoms with Crippen molar-refractivity contribution in [2.75, 3.05) is 10.6 Å². The second-order valence-electron chi connectivity index (χ2n) is 5.82. The van der Waals surface area contributed by atoms with Crippen LogP contribution in [0.5, 0.6) is 0 Å². The topological polar surface area (TPSA) is 54.0 Å². The van der Waals surface area contributed by atoms with Crippen molar-refractivity contribution in [1.82, 2.24) is 4.98 Å². The Hall–Kier alpha value is -2.85. The Morgan fingerprint density at radius 2 is 1.64 bits per heavy atom. The van der Waals surface area contributed by atoms with Gasteiger partial charge in [0.2, 0.25) is 0 Å². The van der Waals surface area contributed by atoms with Crippen molar-refractivity contribution in [3.05, 3.63) is 82.6 Å². The lowest BCUT2D eigenvalue weighted by Gasteiger charge is -2.13. The molecule has 126 valence electrons. The summed E-state index contributed by atoms with van der Waals surface area (Å²) in [6.07, 6.45) is 3.24. The maximum atomic E-state index is 12.4. The third kappa shape index (κ3) is 4.17. The van der Waals surface area contributed by atoms with Gasteiger partial charge >= 0.3 is 0 Å². The van der Waals surface area contributed by atoms with Crippen molar-refractivity contribution in [3.8, 4) is 0 Å². The predicted octanol–water partition coefficient (Wildman–Crippen LogP) is 5.35. The van der Waals surface area contributed by atoms with Gasteiger partial charge in [-0.25, -0.2) is 0 Å². The van der Waals surface area contributed by atoms with Gasteiger partial charge in [0.1, 0.15) is 0 Å². The van der Waals surface area contributed by atoms with E-state index >= 15 is 0 Å². The highest BCUT2D eigenvalue weighted by atomic mass is 35.5. The van der Waals surface area contributed by atoms with Crippen LogP contribution in [-0.2, 0) is 0 Å². The first-order valence-electron chi connectivity index (χ1n) is 7.88. The Balaban J connectivity index is 1.79. The summed E-state index contributed by atoms with van der Waals surface area (Å²) in [7, 11) is 0. The molecule has 0 saturated carbocycles. The summed E-state index contributed by atoms with van der Waals surface area (Å²) in [5.74, 6) is -0.222. The third-order valence-corrected chi connectivity index (χ3v) is 4.10. The molecule has 0 radical (unpaired) electrons. The van der Waals surface area contributed by atoms with Crippen LogP contribution in [0.4, 0.5) is 17.1 Å². The first-order chi connectivity index (χ1) is 12.0. The van der Waals surface area contributed by atoms with Crippen LogP contribution >= 0.6 is 11.6 Å². The molecule has 3 aromatic rings. The monoisotopic (exact) mass is 351 g/mol. The van der Waals surface area contributed by atoms with Gasteiger partial charge in [0.25, 0.3) is 5.91 Å². The minimum atomic E-state index is -0.222. The average Bonchev–Trinajstić information content (AvgIpc) is 2.60. The Labute approximate surface area is 151 Å². The van der Waals surface area contributed by atoms with Gasteiger partial charge in [0.05, 0.1) is 17.4 Å². The normalized spacial score (nSPS) is 10.4. The second kappa shape index (κ2) is 7.36. The Bertz CT molecular complexity index is 887. The zero-order valence-electron chi connectivity index (χ0n) is 14.0. The number of anilines is 3. The molecule has 0 bridgehead atoms. The second-order valence-corrected chi connectivity index (χ2v) is 6.25. The first-order valence-corrected chi connectivity index (χ1v) is 8.26. The fourth-order valence-corrected chi connectivity index (χ4v) is 2.65. The SMILES string of the molecule is Cc1cccc(C)c1Nc1cncc(C(=O)Nc2ccc(Cl)cc2)c1. The average molecular weight is 352 g/mol. The number of nitrogens with zero attached hydrogens (tertiary/aromatic N) is 1. The minimum absolute atomic E-state index is 0.222. The standard InChI is InChI=1S/C20H18ClN3O/c1-13-4-3-5-14(2)19(13)23-18-10-15(11-22-12-18)20(25)24-17-8-6-16(21)7-9-17/h3-12,23H,1-2H3,(H,24,25). The van der Waals surface area contributed by atoms with Crippen LogP contribution in [0.25, 0.3) is 0 Å². The van der Waals surface area contributed by atoms with Gasteiger partial charge in [-0.15, -0.1) is 0 Å². The van der Waals surface area contributed by atoms with Gasteiger partial charge in [-0.05, 0) is 55.3 Å². The maximum Gasteiger partial charge on any atom is 0.257 e. The van der Waals surface area contributed by atoms with Crippen LogP contribution < -0.4 is 10.6 Å². The molecule has 5 heteroatoms. The van der Waals surface area contributed by atoms with Crippen LogP contribution in [0.1, 0.15) is 21.5 Å². The summed E-state index contributed by atoms with van der Waals surface area (Å²) in [6.45, 7) is 4.08.